The summed E-state index contributed by atoms with van der Waals surface area (Å²) in [5, 5.41) is 0. The summed E-state index contributed by atoms with van der Waals surface area (Å²) < 4.78 is 48.4. The molecule has 6 nitrogen and oxygen atoms in total. The molecule has 0 aliphatic carbocycles. The molecule has 0 aliphatic rings. The van der Waals surface area contributed by atoms with Gasteiger partial charge in [0.1, 0.15) is 0 Å². The van der Waals surface area contributed by atoms with Gasteiger partial charge in [-0.25, -0.2) is 4.21 Å². The van der Waals surface area contributed by atoms with Gasteiger partial charge in [-0.3, -0.25) is 8.37 Å². The average Bonchev–Trinajstić information content (AvgIpc) is 2.03. The van der Waals surface area contributed by atoms with Gasteiger partial charge in [0.2, 0.25) is 0 Å². The second kappa shape index (κ2) is 4.58. The first-order valence-corrected chi connectivity index (χ1v) is 6.73. The van der Waals surface area contributed by atoms with E-state index in [-0.39, 0.29) is 12.4 Å². The zero-order chi connectivity index (χ0) is 10.6. The molecule has 0 aromatic rings. The van der Waals surface area contributed by atoms with Crippen LogP contribution < -0.4 is 0 Å². The first kappa shape index (κ1) is 13.1. The third-order valence-corrected chi connectivity index (χ3v) is 4.17. The van der Waals surface area contributed by atoms with E-state index in [1.54, 1.807) is 0 Å². The Kier molecular flexibility index (Phi) is 4.63. The molecule has 0 aromatic carbocycles. The van der Waals surface area contributed by atoms with Gasteiger partial charge in [0, 0.05) is 5.75 Å². The normalized spacial score (nSPS) is 17.7. The predicted molar refractivity (Wildman–Crippen MR) is 49.9 cm³/mol. The van der Waals surface area contributed by atoms with Gasteiger partial charge in [-0.15, -0.1) is 0 Å². The van der Waals surface area contributed by atoms with Gasteiger partial charge < -0.3 is 9.11 Å². The van der Waals surface area contributed by atoms with Crippen molar-refractivity contribution in [2.75, 3.05) is 25.2 Å². The van der Waals surface area contributed by atoms with Crippen molar-refractivity contribution in [3.63, 3.8) is 0 Å². The maximum Gasteiger partial charge on any atom is 0.304 e. The molecular formula is C5H14O6S2. The molecule has 0 fully saturated rings. The molecule has 0 amide bonds. The minimum atomic E-state index is -4.55. The monoisotopic (exact) mass is 234 g/mol. The van der Waals surface area contributed by atoms with Crippen LogP contribution in [0.1, 0.15) is 6.92 Å². The molecule has 0 aliphatic heterocycles. The molecule has 8 heteroatoms. The van der Waals surface area contributed by atoms with Crippen LogP contribution >= 0.6 is 0 Å². The fourth-order valence-electron chi connectivity index (χ4n) is 0.462. The van der Waals surface area contributed by atoms with Crippen LogP contribution in [0.4, 0.5) is 0 Å². The molecule has 0 radical (unpaired) electrons. The first-order chi connectivity index (χ1) is 5.78. The Labute approximate surface area is 79.5 Å². The standard InChI is InChI=1S/C5H14O6S2/c1-3-13(7,8,9)5-4-11-12(6)10-2/h3-5H2,1-2H3,(H2,7,8,9). The van der Waals surface area contributed by atoms with Gasteiger partial charge in [-0.1, -0.05) is 6.92 Å². The molecule has 0 spiro atoms. The van der Waals surface area contributed by atoms with Gasteiger partial charge in [0.15, 0.2) is 0 Å². The van der Waals surface area contributed by atoms with Crippen LogP contribution in [0.5, 0.6) is 0 Å². The van der Waals surface area contributed by atoms with Crippen molar-refractivity contribution in [3.8, 4) is 0 Å². The summed E-state index contributed by atoms with van der Waals surface area (Å²) in [6.07, 6.45) is 0. The molecule has 0 saturated carbocycles. The minimum absolute atomic E-state index is 0.278. The van der Waals surface area contributed by atoms with Gasteiger partial charge in [0.25, 0.3) is 0 Å². The molecule has 13 heavy (non-hydrogen) atoms. The smallest absolute Gasteiger partial charge is 0.304 e. The highest BCUT2D eigenvalue weighted by Crippen LogP contribution is 2.14. The lowest BCUT2D eigenvalue weighted by molar-refractivity contribution is 0.289. The molecule has 0 aromatic heterocycles. The second-order valence-electron chi connectivity index (χ2n) is 2.37. The van der Waals surface area contributed by atoms with Crippen molar-refractivity contribution in [3.05, 3.63) is 0 Å². The number of hydrogen-bond acceptors (Lipinski definition) is 4. The average molecular weight is 234 g/mol. The number of rotatable bonds is 6. The van der Waals surface area contributed by atoms with Crippen LogP contribution in [0.2, 0.25) is 0 Å². The topological polar surface area (TPSA) is 93.1 Å². The summed E-state index contributed by atoms with van der Waals surface area (Å²) in [4.78, 5) is 0. The highest BCUT2D eigenvalue weighted by atomic mass is 32.3. The van der Waals surface area contributed by atoms with Gasteiger partial charge >= 0.3 is 11.4 Å². The lowest BCUT2D eigenvalue weighted by atomic mass is 10.9. The van der Waals surface area contributed by atoms with E-state index in [0.717, 1.165) is 0 Å². The van der Waals surface area contributed by atoms with E-state index in [1.807, 2.05) is 0 Å². The van der Waals surface area contributed by atoms with E-state index >= 15 is 0 Å². The van der Waals surface area contributed by atoms with Crippen LogP contribution in [0.25, 0.3) is 0 Å². The highest BCUT2D eigenvalue weighted by molar-refractivity contribution is 8.10. The third-order valence-electron chi connectivity index (χ3n) is 1.39. The van der Waals surface area contributed by atoms with Crippen molar-refractivity contribution in [2.45, 2.75) is 6.92 Å². The molecule has 0 rings (SSSR count). The summed E-state index contributed by atoms with van der Waals surface area (Å²) in [6, 6.07) is 0. The summed E-state index contributed by atoms with van der Waals surface area (Å²) in [5.41, 5.74) is 0. The Bertz CT molecular complexity index is 243. The van der Waals surface area contributed by atoms with Crippen molar-refractivity contribution in [2.24, 2.45) is 0 Å². The zero-order valence-corrected chi connectivity index (χ0v) is 9.10. The van der Waals surface area contributed by atoms with Crippen LogP contribution in [-0.2, 0) is 29.4 Å². The maximum atomic E-state index is 11.1. The molecule has 0 heterocycles. The Hall–Kier alpha value is 0.140. The Morgan fingerprint density at radius 1 is 1.46 bits per heavy atom. The molecule has 1 unspecified atom stereocenters. The maximum absolute atomic E-state index is 11.1. The SMILES string of the molecule is CCS(=O)(O)(O)CCOS(=O)OC. The Balaban J connectivity index is 3.91. The van der Waals surface area contributed by atoms with Crippen molar-refractivity contribution in [1.29, 1.82) is 0 Å². The predicted octanol–water partition coefficient (Wildman–Crippen LogP) is 0.0141. The van der Waals surface area contributed by atoms with E-state index < -0.39 is 26.7 Å². The molecule has 0 saturated heterocycles. The zero-order valence-electron chi connectivity index (χ0n) is 7.47. The molecule has 0 bridgehead atoms. The summed E-state index contributed by atoms with van der Waals surface area (Å²) in [7, 11) is -3.38. The number of hydrogen-bond donors (Lipinski definition) is 2. The summed E-state index contributed by atoms with van der Waals surface area (Å²) in [6.45, 7) is 1.08. The lowest BCUT2D eigenvalue weighted by Crippen LogP contribution is -2.39. The summed E-state index contributed by atoms with van der Waals surface area (Å²) >= 11 is -1.93. The van der Waals surface area contributed by atoms with E-state index in [9.17, 15) is 8.42 Å². The van der Waals surface area contributed by atoms with E-state index in [1.165, 1.54) is 14.0 Å². The fraction of sp³-hybridized carbons (Fsp3) is 1.00. The highest BCUT2D eigenvalue weighted by Gasteiger charge is 2.27. The largest absolute Gasteiger partial charge is 0.308 e. The van der Waals surface area contributed by atoms with Crippen LogP contribution in [-0.4, -0.2) is 42.7 Å². The van der Waals surface area contributed by atoms with Crippen LogP contribution in [0.3, 0.4) is 0 Å². The molecule has 2 N–H and O–H groups in total. The second-order valence-corrected chi connectivity index (χ2v) is 6.71. The lowest BCUT2D eigenvalue weighted by Gasteiger charge is -2.28. The molecular weight excluding hydrogens is 220 g/mol. The van der Waals surface area contributed by atoms with E-state index in [0.29, 0.717) is 0 Å². The Morgan fingerprint density at radius 3 is 2.38 bits per heavy atom. The van der Waals surface area contributed by atoms with Crippen molar-refractivity contribution < 1.29 is 25.9 Å². The van der Waals surface area contributed by atoms with Crippen LogP contribution in [0.15, 0.2) is 0 Å². The molecule has 82 valence electrons. The van der Waals surface area contributed by atoms with E-state index in [4.69, 9.17) is 9.11 Å². The Morgan fingerprint density at radius 2 is 2.00 bits per heavy atom. The van der Waals surface area contributed by atoms with Crippen molar-refractivity contribution >= 4 is 21.0 Å². The summed E-state index contributed by atoms with van der Waals surface area (Å²) in [5.74, 6) is -0.747. The van der Waals surface area contributed by atoms with Gasteiger partial charge in [-0.2, -0.15) is 4.21 Å². The van der Waals surface area contributed by atoms with E-state index in [2.05, 4.69) is 8.37 Å². The third kappa shape index (κ3) is 6.24. The minimum Gasteiger partial charge on any atom is -0.308 e. The quantitative estimate of drug-likeness (QED) is 0.672. The van der Waals surface area contributed by atoms with Crippen LogP contribution in [0, 0.1) is 0 Å². The molecule has 1 atom stereocenters. The van der Waals surface area contributed by atoms with Gasteiger partial charge in [0.05, 0.1) is 29.1 Å². The van der Waals surface area contributed by atoms with Crippen molar-refractivity contribution in [1.82, 2.24) is 0 Å². The fourth-order valence-corrected chi connectivity index (χ4v) is 1.59. The first-order valence-electron chi connectivity index (χ1n) is 3.51. The van der Waals surface area contributed by atoms with Gasteiger partial charge in [-0.05, 0) is 0 Å².